The van der Waals surface area contributed by atoms with Crippen molar-refractivity contribution < 1.29 is 18.0 Å². The maximum Gasteiger partial charge on any atom is 0.435 e. The van der Waals surface area contributed by atoms with E-state index in [-0.39, 0.29) is 5.92 Å². The summed E-state index contributed by atoms with van der Waals surface area (Å²) in [5.41, 5.74) is 0.104. The SMILES string of the molecule is O=CC1CCc2cc(C(F)(F)F)nnc2C1. The molecule has 1 atom stereocenters. The van der Waals surface area contributed by atoms with Gasteiger partial charge in [0.2, 0.25) is 0 Å². The summed E-state index contributed by atoms with van der Waals surface area (Å²) in [6.07, 6.45) is -2.20. The molecule has 1 aliphatic rings. The Morgan fingerprint density at radius 3 is 2.75 bits per heavy atom. The number of halogens is 3. The highest BCUT2D eigenvalue weighted by molar-refractivity contribution is 5.55. The normalized spacial score (nSPS) is 20.3. The minimum absolute atomic E-state index is 0.140. The second kappa shape index (κ2) is 3.84. The number of hydrogen-bond donors (Lipinski definition) is 0. The summed E-state index contributed by atoms with van der Waals surface area (Å²) in [6.45, 7) is 0. The number of carbonyl (C=O) groups is 1. The van der Waals surface area contributed by atoms with Gasteiger partial charge in [0.1, 0.15) is 6.29 Å². The second-order valence-electron chi connectivity index (χ2n) is 3.84. The van der Waals surface area contributed by atoms with Crippen LogP contribution in [-0.4, -0.2) is 16.5 Å². The Hall–Kier alpha value is -1.46. The van der Waals surface area contributed by atoms with Gasteiger partial charge < -0.3 is 4.79 Å². The van der Waals surface area contributed by atoms with Gasteiger partial charge in [-0.05, 0) is 24.5 Å². The van der Waals surface area contributed by atoms with Crippen LogP contribution >= 0.6 is 0 Å². The maximum atomic E-state index is 12.3. The van der Waals surface area contributed by atoms with Crippen LogP contribution in [0.3, 0.4) is 0 Å². The lowest BCUT2D eigenvalue weighted by atomic mass is 9.88. The summed E-state index contributed by atoms with van der Waals surface area (Å²) in [5, 5.41) is 6.70. The minimum atomic E-state index is -4.45. The van der Waals surface area contributed by atoms with Crippen molar-refractivity contribution in [1.29, 1.82) is 0 Å². The molecular weight excluding hydrogens is 221 g/mol. The molecule has 1 aromatic heterocycles. The molecule has 86 valence electrons. The van der Waals surface area contributed by atoms with E-state index >= 15 is 0 Å². The average Bonchev–Trinajstić information content (AvgIpc) is 2.26. The number of aromatic nitrogens is 2. The van der Waals surface area contributed by atoms with Gasteiger partial charge in [0, 0.05) is 12.3 Å². The van der Waals surface area contributed by atoms with Crippen molar-refractivity contribution in [2.75, 3.05) is 0 Å². The lowest BCUT2D eigenvalue weighted by Gasteiger charge is -2.19. The zero-order valence-corrected chi connectivity index (χ0v) is 8.29. The molecular formula is C10H9F3N2O. The zero-order valence-electron chi connectivity index (χ0n) is 8.29. The van der Waals surface area contributed by atoms with Crippen LogP contribution in [-0.2, 0) is 23.8 Å². The lowest BCUT2D eigenvalue weighted by Crippen LogP contribution is -2.20. The van der Waals surface area contributed by atoms with Crippen LogP contribution in [0.2, 0.25) is 0 Å². The summed E-state index contributed by atoms with van der Waals surface area (Å²) < 4.78 is 37.0. The van der Waals surface area contributed by atoms with Crippen molar-refractivity contribution in [2.24, 2.45) is 5.92 Å². The monoisotopic (exact) mass is 230 g/mol. The minimum Gasteiger partial charge on any atom is -0.303 e. The third kappa shape index (κ3) is 2.05. The van der Waals surface area contributed by atoms with Crippen LogP contribution in [0.5, 0.6) is 0 Å². The van der Waals surface area contributed by atoms with E-state index in [0.717, 1.165) is 12.4 Å². The van der Waals surface area contributed by atoms with Gasteiger partial charge in [0.15, 0.2) is 5.69 Å². The van der Waals surface area contributed by atoms with E-state index in [1.165, 1.54) is 0 Å². The summed E-state index contributed by atoms with van der Waals surface area (Å²) in [4.78, 5) is 10.6. The quantitative estimate of drug-likeness (QED) is 0.691. The molecule has 0 fully saturated rings. The van der Waals surface area contributed by atoms with E-state index in [4.69, 9.17) is 0 Å². The Balaban J connectivity index is 2.31. The third-order valence-corrected chi connectivity index (χ3v) is 2.68. The maximum absolute atomic E-state index is 12.3. The standard InChI is InChI=1S/C10H9F3N2O/c11-10(12,13)9-4-7-2-1-6(5-16)3-8(7)14-15-9/h4-6H,1-3H2. The van der Waals surface area contributed by atoms with E-state index in [1.807, 2.05) is 0 Å². The van der Waals surface area contributed by atoms with Crippen LogP contribution in [0.15, 0.2) is 6.07 Å². The molecule has 16 heavy (non-hydrogen) atoms. The lowest BCUT2D eigenvalue weighted by molar-refractivity contribution is -0.141. The molecule has 3 nitrogen and oxygen atoms in total. The number of nitrogens with zero attached hydrogens (tertiary/aromatic N) is 2. The Morgan fingerprint density at radius 2 is 2.12 bits per heavy atom. The van der Waals surface area contributed by atoms with Crippen LogP contribution in [0, 0.1) is 5.92 Å². The number of hydrogen-bond acceptors (Lipinski definition) is 3. The average molecular weight is 230 g/mol. The molecule has 1 aromatic rings. The van der Waals surface area contributed by atoms with Gasteiger partial charge in [-0.3, -0.25) is 0 Å². The Kier molecular flexibility index (Phi) is 2.65. The van der Waals surface area contributed by atoms with E-state index in [2.05, 4.69) is 10.2 Å². The summed E-state index contributed by atoms with van der Waals surface area (Å²) >= 11 is 0. The summed E-state index contributed by atoms with van der Waals surface area (Å²) in [7, 11) is 0. The van der Waals surface area contributed by atoms with Crippen molar-refractivity contribution in [3.63, 3.8) is 0 Å². The van der Waals surface area contributed by atoms with Crippen LogP contribution in [0.25, 0.3) is 0 Å². The number of aldehydes is 1. The molecule has 0 aromatic carbocycles. The predicted octanol–water partition coefficient (Wildman–Crippen LogP) is 1.80. The van der Waals surface area contributed by atoms with Gasteiger partial charge in [0.05, 0.1) is 5.69 Å². The molecule has 0 saturated heterocycles. The Bertz CT molecular complexity index is 417. The Labute approximate surface area is 89.7 Å². The highest BCUT2D eigenvalue weighted by Crippen LogP contribution is 2.30. The number of carbonyl (C=O) groups excluding carboxylic acids is 1. The first-order valence-corrected chi connectivity index (χ1v) is 4.88. The van der Waals surface area contributed by atoms with Gasteiger partial charge in [-0.2, -0.15) is 18.3 Å². The van der Waals surface area contributed by atoms with Gasteiger partial charge in [-0.15, -0.1) is 5.10 Å². The van der Waals surface area contributed by atoms with E-state index in [9.17, 15) is 18.0 Å². The van der Waals surface area contributed by atoms with Crippen molar-refractivity contribution in [3.05, 3.63) is 23.0 Å². The number of alkyl halides is 3. The fraction of sp³-hybridized carbons (Fsp3) is 0.500. The molecule has 0 radical (unpaired) electrons. The largest absolute Gasteiger partial charge is 0.435 e. The molecule has 0 spiro atoms. The summed E-state index contributed by atoms with van der Waals surface area (Å²) in [6, 6.07) is 1.03. The molecule has 0 bridgehead atoms. The molecule has 1 unspecified atom stereocenters. The van der Waals surface area contributed by atoms with E-state index in [0.29, 0.717) is 30.5 Å². The van der Waals surface area contributed by atoms with E-state index in [1.54, 1.807) is 0 Å². The summed E-state index contributed by atoms with van der Waals surface area (Å²) in [5.74, 6) is -0.140. The first-order chi connectivity index (χ1) is 7.50. The highest BCUT2D eigenvalue weighted by atomic mass is 19.4. The van der Waals surface area contributed by atoms with E-state index < -0.39 is 11.9 Å². The zero-order chi connectivity index (χ0) is 11.8. The molecule has 0 aliphatic heterocycles. The van der Waals surface area contributed by atoms with Crippen molar-refractivity contribution in [2.45, 2.75) is 25.4 Å². The molecule has 0 amide bonds. The van der Waals surface area contributed by atoms with Crippen LogP contribution < -0.4 is 0 Å². The fourth-order valence-electron chi connectivity index (χ4n) is 1.79. The van der Waals surface area contributed by atoms with Gasteiger partial charge in [-0.25, -0.2) is 0 Å². The van der Waals surface area contributed by atoms with Crippen LogP contribution in [0.4, 0.5) is 13.2 Å². The second-order valence-corrected chi connectivity index (χ2v) is 3.84. The fourth-order valence-corrected chi connectivity index (χ4v) is 1.79. The topological polar surface area (TPSA) is 42.9 Å². The molecule has 0 N–H and O–H groups in total. The van der Waals surface area contributed by atoms with Crippen molar-refractivity contribution in [3.8, 4) is 0 Å². The van der Waals surface area contributed by atoms with Crippen molar-refractivity contribution in [1.82, 2.24) is 10.2 Å². The number of rotatable bonds is 1. The highest BCUT2D eigenvalue weighted by Gasteiger charge is 2.34. The molecule has 1 aliphatic carbocycles. The smallest absolute Gasteiger partial charge is 0.303 e. The van der Waals surface area contributed by atoms with Gasteiger partial charge in [0.25, 0.3) is 0 Å². The molecule has 1 heterocycles. The number of fused-ring (bicyclic) bond motifs is 1. The van der Waals surface area contributed by atoms with Gasteiger partial charge in [-0.1, -0.05) is 0 Å². The van der Waals surface area contributed by atoms with Crippen molar-refractivity contribution >= 4 is 6.29 Å². The molecule has 2 rings (SSSR count). The Morgan fingerprint density at radius 1 is 1.38 bits per heavy atom. The number of aryl methyl sites for hydroxylation is 1. The predicted molar refractivity (Wildman–Crippen MR) is 48.6 cm³/mol. The first-order valence-electron chi connectivity index (χ1n) is 4.88. The molecule has 6 heteroatoms. The third-order valence-electron chi connectivity index (χ3n) is 2.68. The molecule has 0 saturated carbocycles. The van der Waals surface area contributed by atoms with Crippen LogP contribution in [0.1, 0.15) is 23.4 Å². The van der Waals surface area contributed by atoms with Gasteiger partial charge >= 0.3 is 6.18 Å². The first kappa shape index (κ1) is 11.0.